The van der Waals surface area contributed by atoms with Gasteiger partial charge in [0, 0.05) is 5.57 Å². The molecular weight excluding hydrogens is 168 g/mol. The molecule has 0 spiro atoms. The van der Waals surface area contributed by atoms with Crippen LogP contribution in [0, 0.1) is 0 Å². The van der Waals surface area contributed by atoms with Gasteiger partial charge in [0.1, 0.15) is 0 Å². The Balaban J connectivity index is 2.66. The van der Waals surface area contributed by atoms with Gasteiger partial charge in [0.15, 0.2) is 6.79 Å². The average molecular weight is 175 g/mol. The topological polar surface area (TPSA) is 35.5 Å². The highest BCUT2D eigenvalue weighted by molar-refractivity contribution is 6.68. The van der Waals surface area contributed by atoms with Crippen LogP contribution in [-0.2, 0) is 14.3 Å². The summed E-state index contributed by atoms with van der Waals surface area (Å²) in [6, 6.07) is 0. The van der Waals surface area contributed by atoms with E-state index in [2.05, 4.69) is 0 Å². The standard InChI is InChI=1S/C7H7ClO3/c8-7(9)6-1-3-10-5-11-4-2-6/h1-3H,4-5H2/b3-1-,6-2+. The van der Waals surface area contributed by atoms with E-state index < -0.39 is 5.24 Å². The second-order valence-electron chi connectivity index (χ2n) is 1.89. The normalized spacial score (nSPS) is 25.4. The van der Waals surface area contributed by atoms with Gasteiger partial charge < -0.3 is 9.47 Å². The minimum atomic E-state index is -0.504. The minimum absolute atomic E-state index is 0.205. The Labute approximate surface area is 69.2 Å². The molecule has 1 rings (SSSR count). The molecule has 0 N–H and O–H groups in total. The summed E-state index contributed by atoms with van der Waals surface area (Å²) in [5.74, 6) is 0. The zero-order valence-corrected chi connectivity index (χ0v) is 6.50. The number of carbonyl (C=O) groups excluding carboxylic acids is 1. The van der Waals surface area contributed by atoms with Crippen molar-refractivity contribution in [3.05, 3.63) is 24.0 Å². The summed E-state index contributed by atoms with van der Waals surface area (Å²) < 4.78 is 9.69. The SMILES string of the molecule is O=C(Cl)C1=C/COCO/C=C\1. The molecule has 0 aliphatic carbocycles. The fraction of sp³-hybridized carbons (Fsp3) is 0.286. The number of allylic oxidation sites excluding steroid dienone is 2. The van der Waals surface area contributed by atoms with Gasteiger partial charge in [-0.3, -0.25) is 4.79 Å². The Morgan fingerprint density at radius 2 is 2.45 bits per heavy atom. The van der Waals surface area contributed by atoms with Crippen molar-refractivity contribution in [3.8, 4) is 0 Å². The van der Waals surface area contributed by atoms with E-state index in [-0.39, 0.29) is 6.79 Å². The Hall–Kier alpha value is -0.800. The van der Waals surface area contributed by atoms with Crippen LogP contribution in [0.25, 0.3) is 0 Å². The molecule has 1 heterocycles. The second kappa shape index (κ2) is 4.16. The molecule has 0 unspecified atom stereocenters. The van der Waals surface area contributed by atoms with E-state index in [0.29, 0.717) is 12.2 Å². The highest BCUT2D eigenvalue weighted by Crippen LogP contribution is 2.04. The Bertz CT molecular complexity index is 208. The van der Waals surface area contributed by atoms with Crippen molar-refractivity contribution < 1.29 is 14.3 Å². The van der Waals surface area contributed by atoms with E-state index in [4.69, 9.17) is 21.1 Å². The Kier molecular flexibility index (Phi) is 3.14. The zero-order chi connectivity index (χ0) is 8.10. The lowest BCUT2D eigenvalue weighted by molar-refractivity contribution is -0.108. The molecule has 0 radical (unpaired) electrons. The molecule has 11 heavy (non-hydrogen) atoms. The van der Waals surface area contributed by atoms with Crippen LogP contribution in [0.15, 0.2) is 24.0 Å². The number of ether oxygens (including phenoxy) is 2. The highest BCUT2D eigenvalue weighted by Gasteiger charge is 2.02. The van der Waals surface area contributed by atoms with Crippen LogP contribution in [0.1, 0.15) is 0 Å². The minimum Gasteiger partial charge on any atom is -0.475 e. The van der Waals surface area contributed by atoms with Crippen molar-refractivity contribution >= 4 is 16.8 Å². The van der Waals surface area contributed by atoms with Gasteiger partial charge in [0.25, 0.3) is 5.24 Å². The number of halogens is 1. The molecule has 0 aromatic heterocycles. The van der Waals surface area contributed by atoms with Crippen molar-refractivity contribution in [2.24, 2.45) is 0 Å². The maximum Gasteiger partial charge on any atom is 0.252 e. The molecular formula is C7H7ClO3. The van der Waals surface area contributed by atoms with Gasteiger partial charge in [-0.05, 0) is 23.8 Å². The smallest absolute Gasteiger partial charge is 0.252 e. The van der Waals surface area contributed by atoms with Crippen molar-refractivity contribution in [1.29, 1.82) is 0 Å². The number of rotatable bonds is 1. The largest absolute Gasteiger partial charge is 0.475 e. The van der Waals surface area contributed by atoms with Gasteiger partial charge in [-0.25, -0.2) is 0 Å². The molecule has 4 heteroatoms. The molecule has 0 saturated heterocycles. The maximum atomic E-state index is 10.6. The molecule has 0 bridgehead atoms. The summed E-state index contributed by atoms with van der Waals surface area (Å²) in [6.07, 6.45) is 4.50. The summed E-state index contributed by atoms with van der Waals surface area (Å²) in [5, 5.41) is -0.504. The lowest BCUT2D eigenvalue weighted by atomic mass is 10.3. The summed E-state index contributed by atoms with van der Waals surface area (Å²) >= 11 is 5.21. The molecule has 1 aliphatic rings. The van der Waals surface area contributed by atoms with E-state index in [9.17, 15) is 4.79 Å². The Morgan fingerprint density at radius 1 is 1.64 bits per heavy atom. The number of carbonyl (C=O) groups is 1. The zero-order valence-electron chi connectivity index (χ0n) is 5.75. The van der Waals surface area contributed by atoms with E-state index >= 15 is 0 Å². The van der Waals surface area contributed by atoms with Gasteiger partial charge in [-0.1, -0.05) is 0 Å². The van der Waals surface area contributed by atoms with Gasteiger partial charge in [0.05, 0.1) is 12.9 Å². The fourth-order valence-corrected chi connectivity index (χ4v) is 0.760. The van der Waals surface area contributed by atoms with Gasteiger partial charge in [-0.2, -0.15) is 0 Å². The second-order valence-corrected chi connectivity index (χ2v) is 2.23. The van der Waals surface area contributed by atoms with Crippen LogP contribution in [-0.4, -0.2) is 18.6 Å². The first-order chi connectivity index (χ1) is 5.30. The van der Waals surface area contributed by atoms with Crippen LogP contribution >= 0.6 is 11.6 Å². The predicted octanol–water partition coefficient (Wildman–Crippen LogP) is 1.20. The van der Waals surface area contributed by atoms with Crippen molar-refractivity contribution in [2.45, 2.75) is 0 Å². The third kappa shape index (κ3) is 2.74. The maximum absolute atomic E-state index is 10.6. The number of hydrogen-bond donors (Lipinski definition) is 0. The lowest BCUT2D eigenvalue weighted by Crippen LogP contribution is -2.01. The third-order valence-electron chi connectivity index (χ3n) is 1.14. The van der Waals surface area contributed by atoms with Crippen LogP contribution in [0.5, 0.6) is 0 Å². The first-order valence-corrected chi connectivity index (χ1v) is 3.44. The summed E-state index contributed by atoms with van der Waals surface area (Å²) in [7, 11) is 0. The monoisotopic (exact) mass is 174 g/mol. The average Bonchev–Trinajstić information content (AvgIpc) is 1.84. The van der Waals surface area contributed by atoms with E-state index in [0.717, 1.165) is 0 Å². The first kappa shape index (κ1) is 8.30. The third-order valence-corrected chi connectivity index (χ3v) is 1.36. The molecule has 3 nitrogen and oxygen atoms in total. The fourth-order valence-electron chi connectivity index (χ4n) is 0.619. The van der Waals surface area contributed by atoms with Gasteiger partial charge in [-0.15, -0.1) is 0 Å². The highest BCUT2D eigenvalue weighted by atomic mass is 35.5. The lowest BCUT2D eigenvalue weighted by Gasteiger charge is -2.04. The molecule has 0 atom stereocenters. The first-order valence-electron chi connectivity index (χ1n) is 3.06. The quantitative estimate of drug-likeness (QED) is 0.561. The van der Waals surface area contributed by atoms with E-state index in [1.165, 1.54) is 12.3 Å². The molecule has 0 aromatic carbocycles. The van der Waals surface area contributed by atoms with Crippen molar-refractivity contribution in [3.63, 3.8) is 0 Å². The van der Waals surface area contributed by atoms with Crippen molar-refractivity contribution in [2.75, 3.05) is 13.4 Å². The summed E-state index contributed by atoms with van der Waals surface area (Å²) in [5.41, 5.74) is 0.395. The molecule has 0 fully saturated rings. The Morgan fingerprint density at radius 3 is 3.18 bits per heavy atom. The molecule has 0 aromatic rings. The van der Waals surface area contributed by atoms with Gasteiger partial charge >= 0.3 is 0 Å². The summed E-state index contributed by atoms with van der Waals surface area (Å²) in [6.45, 7) is 0.550. The van der Waals surface area contributed by atoms with E-state index in [1.807, 2.05) is 0 Å². The van der Waals surface area contributed by atoms with Crippen molar-refractivity contribution in [1.82, 2.24) is 0 Å². The van der Waals surface area contributed by atoms with Crippen LogP contribution in [0.2, 0.25) is 0 Å². The molecule has 0 saturated carbocycles. The summed E-state index contributed by atoms with van der Waals surface area (Å²) in [4.78, 5) is 10.6. The van der Waals surface area contributed by atoms with Gasteiger partial charge in [0.2, 0.25) is 0 Å². The van der Waals surface area contributed by atoms with Crippen LogP contribution in [0.4, 0.5) is 0 Å². The molecule has 1 aliphatic heterocycles. The molecule has 0 amide bonds. The van der Waals surface area contributed by atoms with Crippen LogP contribution in [0.3, 0.4) is 0 Å². The van der Waals surface area contributed by atoms with E-state index in [1.54, 1.807) is 6.08 Å². The van der Waals surface area contributed by atoms with Crippen LogP contribution < -0.4 is 0 Å². The predicted molar refractivity (Wildman–Crippen MR) is 40.0 cm³/mol. The number of hydrogen-bond acceptors (Lipinski definition) is 3. The molecule has 60 valence electrons.